The summed E-state index contributed by atoms with van der Waals surface area (Å²) in [5.41, 5.74) is 1.46. The number of hydrogen-bond donors (Lipinski definition) is 1. The Bertz CT molecular complexity index is 581. The van der Waals surface area contributed by atoms with Crippen molar-refractivity contribution >= 4 is 17.0 Å². The maximum absolute atomic E-state index is 10.6. The number of carboxylic acids is 1. The Morgan fingerprint density at radius 3 is 2.72 bits per heavy atom. The highest BCUT2D eigenvalue weighted by molar-refractivity contribution is 5.75. The van der Waals surface area contributed by atoms with Crippen LogP contribution in [0.15, 0.2) is 18.3 Å². The molecule has 0 saturated heterocycles. The van der Waals surface area contributed by atoms with Crippen LogP contribution in [0.5, 0.6) is 0 Å². The molecule has 0 aliphatic heterocycles. The predicted molar refractivity (Wildman–Crippen MR) is 68.5 cm³/mol. The fourth-order valence-corrected chi connectivity index (χ4v) is 1.81. The van der Waals surface area contributed by atoms with Gasteiger partial charge in [0.25, 0.3) is 0 Å². The quantitative estimate of drug-likeness (QED) is 0.902. The van der Waals surface area contributed by atoms with Gasteiger partial charge in [-0.1, -0.05) is 0 Å². The van der Waals surface area contributed by atoms with Gasteiger partial charge in [0.1, 0.15) is 0 Å². The predicted octanol–water partition coefficient (Wildman–Crippen LogP) is 2.20. The summed E-state index contributed by atoms with van der Waals surface area (Å²) in [5.74, 6) is -0.804. The lowest BCUT2D eigenvalue weighted by molar-refractivity contribution is -0.136. The van der Waals surface area contributed by atoms with Gasteiger partial charge in [0, 0.05) is 17.5 Å². The van der Waals surface area contributed by atoms with E-state index in [1.807, 2.05) is 16.8 Å². The van der Waals surface area contributed by atoms with E-state index in [1.165, 1.54) is 0 Å². The van der Waals surface area contributed by atoms with Crippen LogP contribution in [-0.4, -0.2) is 25.8 Å². The van der Waals surface area contributed by atoms with E-state index in [0.717, 1.165) is 16.7 Å². The van der Waals surface area contributed by atoms with Crippen LogP contribution in [0.1, 0.15) is 32.9 Å². The van der Waals surface area contributed by atoms with Gasteiger partial charge in [-0.2, -0.15) is 5.10 Å². The maximum Gasteiger partial charge on any atom is 0.303 e. The normalized spacial score (nSPS) is 11.9. The Balaban J connectivity index is 2.39. The van der Waals surface area contributed by atoms with Gasteiger partial charge in [0.2, 0.25) is 0 Å². The van der Waals surface area contributed by atoms with Crippen molar-refractivity contribution in [3.8, 4) is 0 Å². The molecule has 18 heavy (non-hydrogen) atoms. The third-order valence-electron chi connectivity index (χ3n) is 2.71. The number of pyridine rings is 1. The van der Waals surface area contributed by atoms with Gasteiger partial charge >= 0.3 is 5.97 Å². The molecule has 2 aromatic rings. The fraction of sp³-hybridized carbons (Fsp3) is 0.462. The van der Waals surface area contributed by atoms with E-state index in [4.69, 9.17) is 5.11 Å². The van der Waals surface area contributed by atoms with Gasteiger partial charge in [0.15, 0.2) is 5.65 Å². The molecule has 0 atom stereocenters. The molecular formula is C13H17N3O2. The van der Waals surface area contributed by atoms with Crippen molar-refractivity contribution < 1.29 is 9.90 Å². The van der Waals surface area contributed by atoms with Crippen molar-refractivity contribution in [2.45, 2.75) is 39.2 Å². The Hall–Kier alpha value is -1.91. The lowest BCUT2D eigenvalue weighted by atomic mass is 10.1. The SMILES string of the molecule is CC(C)(C)n1ncc2ccc(CCC(=O)O)nc21. The average molecular weight is 247 g/mol. The largest absolute Gasteiger partial charge is 0.481 e. The first-order valence-corrected chi connectivity index (χ1v) is 5.94. The summed E-state index contributed by atoms with van der Waals surface area (Å²) in [6, 6.07) is 3.80. The van der Waals surface area contributed by atoms with Crippen LogP contribution >= 0.6 is 0 Å². The summed E-state index contributed by atoms with van der Waals surface area (Å²) in [7, 11) is 0. The third kappa shape index (κ3) is 2.50. The highest BCUT2D eigenvalue weighted by Gasteiger charge is 2.17. The van der Waals surface area contributed by atoms with Crippen molar-refractivity contribution in [3.63, 3.8) is 0 Å². The van der Waals surface area contributed by atoms with Crippen molar-refractivity contribution in [1.29, 1.82) is 0 Å². The molecule has 96 valence electrons. The van der Waals surface area contributed by atoms with Gasteiger partial charge in [-0.15, -0.1) is 0 Å². The third-order valence-corrected chi connectivity index (χ3v) is 2.71. The fourth-order valence-electron chi connectivity index (χ4n) is 1.81. The first-order valence-electron chi connectivity index (χ1n) is 5.94. The molecule has 5 heteroatoms. The monoisotopic (exact) mass is 247 g/mol. The lowest BCUT2D eigenvalue weighted by Crippen LogP contribution is -2.23. The van der Waals surface area contributed by atoms with E-state index < -0.39 is 5.97 Å². The molecule has 1 N–H and O–H groups in total. The Morgan fingerprint density at radius 2 is 2.11 bits per heavy atom. The molecule has 0 radical (unpaired) electrons. The van der Waals surface area contributed by atoms with E-state index in [1.54, 1.807) is 6.20 Å². The van der Waals surface area contributed by atoms with Crippen molar-refractivity contribution in [3.05, 3.63) is 24.0 Å². The average Bonchev–Trinajstić information content (AvgIpc) is 2.68. The van der Waals surface area contributed by atoms with E-state index in [-0.39, 0.29) is 12.0 Å². The van der Waals surface area contributed by atoms with Crippen LogP contribution in [0.3, 0.4) is 0 Å². The van der Waals surface area contributed by atoms with Crippen LogP contribution in [0.25, 0.3) is 11.0 Å². The highest BCUT2D eigenvalue weighted by atomic mass is 16.4. The highest BCUT2D eigenvalue weighted by Crippen LogP contribution is 2.20. The smallest absolute Gasteiger partial charge is 0.303 e. The number of aliphatic carboxylic acids is 1. The number of aryl methyl sites for hydroxylation is 1. The first kappa shape index (κ1) is 12.5. The summed E-state index contributed by atoms with van der Waals surface area (Å²) >= 11 is 0. The molecule has 0 spiro atoms. The molecule has 0 unspecified atom stereocenters. The number of fused-ring (bicyclic) bond motifs is 1. The summed E-state index contributed by atoms with van der Waals surface area (Å²) in [6.45, 7) is 6.18. The summed E-state index contributed by atoms with van der Waals surface area (Å²) in [4.78, 5) is 15.1. The van der Waals surface area contributed by atoms with E-state index >= 15 is 0 Å². The molecule has 2 aromatic heterocycles. The second-order valence-corrected chi connectivity index (χ2v) is 5.34. The van der Waals surface area contributed by atoms with E-state index in [2.05, 4.69) is 30.9 Å². The van der Waals surface area contributed by atoms with Crippen LogP contribution in [0, 0.1) is 0 Å². The van der Waals surface area contributed by atoms with Crippen molar-refractivity contribution in [2.75, 3.05) is 0 Å². The molecule has 0 bridgehead atoms. The lowest BCUT2D eigenvalue weighted by Gasteiger charge is -2.19. The first-order chi connectivity index (χ1) is 8.38. The van der Waals surface area contributed by atoms with Crippen LogP contribution < -0.4 is 0 Å². The molecule has 0 fully saturated rings. The minimum Gasteiger partial charge on any atom is -0.481 e. The maximum atomic E-state index is 10.6. The van der Waals surface area contributed by atoms with Crippen LogP contribution in [0.2, 0.25) is 0 Å². The zero-order valence-corrected chi connectivity index (χ0v) is 10.8. The second-order valence-electron chi connectivity index (χ2n) is 5.34. The summed E-state index contributed by atoms with van der Waals surface area (Å²) in [6.07, 6.45) is 2.33. The molecule has 0 amide bonds. The van der Waals surface area contributed by atoms with Gasteiger partial charge in [-0.25, -0.2) is 9.67 Å². The minimum absolute atomic E-state index is 0.0994. The Kier molecular flexibility index (Phi) is 3.07. The molecule has 2 heterocycles. The molecular weight excluding hydrogens is 230 g/mol. The number of aromatic nitrogens is 3. The topological polar surface area (TPSA) is 68.0 Å². The van der Waals surface area contributed by atoms with E-state index in [9.17, 15) is 4.79 Å². The van der Waals surface area contributed by atoms with Crippen molar-refractivity contribution in [2.24, 2.45) is 0 Å². The zero-order valence-electron chi connectivity index (χ0n) is 10.8. The molecule has 0 aliphatic carbocycles. The Labute approximate surface area is 105 Å². The summed E-state index contributed by atoms with van der Waals surface area (Å²) < 4.78 is 1.87. The molecule has 0 aliphatic rings. The van der Waals surface area contributed by atoms with Crippen molar-refractivity contribution in [1.82, 2.24) is 14.8 Å². The second kappa shape index (κ2) is 4.40. The van der Waals surface area contributed by atoms with Gasteiger partial charge in [0.05, 0.1) is 18.2 Å². The molecule has 0 aromatic carbocycles. The number of hydrogen-bond acceptors (Lipinski definition) is 3. The molecule has 5 nitrogen and oxygen atoms in total. The van der Waals surface area contributed by atoms with Gasteiger partial charge < -0.3 is 5.11 Å². The van der Waals surface area contributed by atoms with Gasteiger partial charge in [-0.05, 0) is 32.9 Å². The number of rotatable bonds is 3. The van der Waals surface area contributed by atoms with E-state index in [0.29, 0.717) is 6.42 Å². The molecule has 2 rings (SSSR count). The van der Waals surface area contributed by atoms with Crippen LogP contribution in [0.4, 0.5) is 0 Å². The number of nitrogens with zero attached hydrogens (tertiary/aromatic N) is 3. The standard InChI is InChI=1S/C13H17N3O2/c1-13(2,3)16-12-9(8-14-16)4-5-10(15-12)6-7-11(17)18/h4-5,8H,6-7H2,1-3H3,(H,17,18). The van der Waals surface area contributed by atoms with Crippen LogP contribution in [-0.2, 0) is 16.8 Å². The van der Waals surface area contributed by atoms with Gasteiger partial charge in [-0.3, -0.25) is 4.79 Å². The minimum atomic E-state index is -0.804. The molecule has 0 saturated carbocycles. The number of carbonyl (C=O) groups is 1. The Morgan fingerprint density at radius 1 is 1.39 bits per heavy atom. The zero-order chi connectivity index (χ0) is 13.3. The number of carboxylic acid groups (broad SMARTS) is 1. The summed E-state index contributed by atoms with van der Waals surface area (Å²) in [5, 5.41) is 14.0.